The van der Waals surface area contributed by atoms with E-state index in [-0.39, 0.29) is 30.4 Å². The molecular weight excluding hydrogens is 482 g/mol. The van der Waals surface area contributed by atoms with Crippen molar-refractivity contribution in [3.8, 4) is 0 Å². The molecule has 1 N–H and O–H groups in total. The number of rotatable bonds is 8. The van der Waals surface area contributed by atoms with Crippen LogP contribution in [0, 0.1) is 11.8 Å². The summed E-state index contributed by atoms with van der Waals surface area (Å²) in [7, 11) is 0. The average molecular weight is 522 g/mol. The van der Waals surface area contributed by atoms with E-state index in [1.165, 1.54) is 0 Å². The second-order valence-electron chi connectivity index (χ2n) is 11.1. The minimum Gasteiger partial charge on any atom is -0.396 e. The van der Waals surface area contributed by atoms with E-state index in [1.54, 1.807) is 14.7 Å². The molecule has 1 unspecified atom stereocenters. The number of likely N-dealkylation sites (tertiary alicyclic amines) is 1. The van der Waals surface area contributed by atoms with Crippen LogP contribution in [0.5, 0.6) is 0 Å². The number of hydrogen-bond donors (Lipinski definition) is 1. The monoisotopic (exact) mass is 521 g/mol. The largest absolute Gasteiger partial charge is 0.396 e. The Morgan fingerprint density at radius 1 is 0.947 bits per heavy atom. The third-order valence-electron chi connectivity index (χ3n) is 8.72. The van der Waals surface area contributed by atoms with Gasteiger partial charge in [-0.25, -0.2) is 0 Å². The van der Waals surface area contributed by atoms with E-state index in [1.807, 2.05) is 75.4 Å². The van der Waals surface area contributed by atoms with Gasteiger partial charge in [-0.1, -0.05) is 49.4 Å². The Kier molecular flexibility index (Phi) is 7.22. The predicted octanol–water partition coefficient (Wildman–Crippen LogP) is 2.92. The van der Waals surface area contributed by atoms with Gasteiger partial charge in [0.1, 0.15) is 11.6 Å². The Morgan fingerprint density at radius 2 is 1.68 bits per heavy atom. The fourth-order valence-corrected chi connectivity index (χ4v) is 6.89. The highest BCUT2D eigenvalue weighted by Gasteiger charge is 2.75. The van der Waals surface area contributed by atoms with Gasteiger partial charge in [-0.15, -0.1) is 0 Å². The number of aliphatic hydroxyl groups is 1. The fourth-order valence-electron chi connectivity index (χ4n) is 6.89. The topological polar surface area (TPSA) is 90.4 Å². The van der Waals surface area contributed by atoms with E-state index >= 15 is 0 Å². The van der Waals surface area contributed by atoms with E-state index in [9.17, 15) is 19.5 Å². The van der Waals surface area contributed by atoms with Gasteiger partial charge in [-0.2, -0.15) is 0 Å². The van der Waals surface area contributed by atoms with Gasteiger partial charge in [0.15, 0.2) is 0 Å². The van der Waals surface area contributed by atoms with Crippen LogP contribution in [0.4, 0.5) is 5.69 Å². The number of unbranched alkanes of at least 4 members (excludes halogenated alkanes) is 2. The number of hydrogen-bond acceptors (Lipinski definition) is 5. The van der Waals surface area contributed by atoms with Crippen molar-refractivity contribution in [3.63, 3.8) is 0 Å². The minimum atomic E-state index is -1.23. The van der Waals surface area contributed by atoms with Gasteiger partial charge in [-0.3, -0.25) is 14.4 Å². The highest BCUT2D eigenvalue weighted by molar-refractivity contribution is 6.04. The van der Waals surface area contributed by atoms with Crippen LogP contribution in [0.15, 0.2) is 54.6 Å². The molecule has 38 heavy (non-hydrogen) atoms. The fraction of sp³-hybridized carbons (Fsp3) is 0.567. The first-order valence-electron chi connectivity index (χ1n) is 13.9. The maximum atomic E-state index is 14.4. The summed E-state index contributed by atoms with van der Waals surface area (Å²) < 4.78 is 6.99. The van der Waals surface area contributed by atoms with E-state index in [2.05, 4.69) is 0 Å². The van der Waals surface area contributed by atoms with Gasteiger partial charge < -0.3 is 24.5 Å². The van der Waals surface area contributed by atoms with Crippen molar-refractivity contribution >= 4 is 23.4 Å². The molecule has 5 rings (SSSR count). The van der Waals surface area contributed by atoms with Gasteiger partial charge >= 0.3 is 0 Å². The molecule has 2 fully saturated rings. The summed E-state index contributed by atoms with van der Waals surface area (Å²) in [6.07, 6.45) is 10.3. The SMILES string of the molecule is CC[C@]12C=CCN(c3ccccc3)C(=O)[C@H]1[C@H]1C(=O)N(CCCCCO)C3C(=O)N(C(C)C)CC=C[C@@]31O2. The number of carbonyl (C=O) groups is 3. The van der Waals surface area contributed by atoms with Crippen LogP contribution in [-0.4, -0.2) is 82.2 Å². The number of nitrogens with zero attached hydrogens (tertiary/aromatic N) is 3. The Labute approximate surface area is 224 Å². The van der Waals surface area contributed by atoms with Gasteiger partial charge in [0, 0.05) is 38.0 Å². The maximum absolute atomic E-state index is 14.4. The Balaban J connectivity index is 1.62. The third-order valence-corrected chi connectivity index (χ3v) is 8.72. The van der Waals surface area contributed by atoms with Gasteiger partial charge in [-0.05, 0) is 51.7 Å². The van der Waals surface area contributed by atoms with Crippen molar-refractivity contribution in [1.82, 2.24) is 9.80 Å². The van der Waals surface area contributed by atoms with Gasteiger partial charge in [0.25, 0.3) is 0 Å². The van der Waals surface area contributed by atoms with Crippen LogP contribution < -0.4 is 4.90 Å². The molecule has 1 spiro atoms. The Hall–Kier alpha value is -2.97. The van der Waals surface area contributed by atoms with Crippen LogP contribution in [-0.2, 0) is 19.1 Å². The average Bonchev–Trinajstić information content (AvgIpc) is 3.19. The molecule has 4 aliphatic rings. The summed E-state index contributed by atoms with van der Waals surface area (Å²) in [5.74, 6) is -2.04. The molecule has 4 aliphatic heterocycles. The van der Waals surface area contributed by atoms with Crippen LogP contribution in [0.25, 0.3) is 0 Å². The predicted molar refractivity (Wildman–Crippen MR) is 144 cm³/mol. The van der Waals surface area contributed by atoms with Crippen molar-refractivity contribution < 1.29 is 24.2 Å². The van der Waals surface area contributed by atoms with Crippen molar-refractivity contribution in [2.24, 2.45) is 11.8 Å². The molecule has 204 valence electrons. The molecule has 0 radical (unpaired) electrons. The number of para-hydroxylation sites is 1. The summed E-state index contributed by atoms with van der Waals surface area (Å²) in [6, 6.07) is 8.63. The second-order valence-corrected chi connectivity index (χ2v) is 11.1. The zero-order valence-corrected chi connectivity index (χ0v) is 22.6. The van der Waals surface area contributed by atoms with Crippen LogP contribution in [0.2, 0.25) is 0 Å². The number of aliphatic hydroxyl groups excluding tert-OH is 1. The van der Waals surface area contributed by atoms with Crippen molar-refractivity contribution in [2.75, 3.05) is 31.1 Å². The molecule has 8 nitrogen and oxygen atoms in total. The normalized spacial score (nSPS) is 32.5. The highest BCUT2D eigenvalue weighted by atomic mass is 16.5. The van der Waals surface area contributed by atoms with Crippen molar-refractivity contribution in [1.29, 1.82) is 0 Å². The number of amides is 3. The summed E-state index contributed by atoms with van der Waals surface area (Å²) in [4.78, 5) is 48.1. The molecule has 5 atom stereocenters. The molecular formula is C30H39N3O5. The van der Waals surface area contributed by atoms with Gasteiger partial charge in [0.05, 0.1) is 17.4 Å². The Morgan fingerprint density at radius 3 is 2.37 bits per heavy atom. The lowest BCUT2D eigenvalue weighted by Gasteiger charge is -2.39. The second kappa shape index (κ2) is 10.3. The Bertz CT molecular complexity index is 1130. The van der Waals surface area contributed by atoms with Crippen LogP contribution in [0.1, 0.15) is 46.5 Å². The molecule has 0 bridgehead atoms. The van der Waals surface area contributed by atoms with E-state index in [4.69, 9.17) is 4.74 Å². The number of ether oxygens (including phenoxy) is 1. The van der Waals surface area contributed by atoms with Crippen molar-refractivity contribution in [3.05, 3.63) is 54.6 Å². The molecule has 1 aromatic rings. The maximum Gasteiger partial charge on any atom is 0.249 e. The number of benzene rings is 1. The first kappa shape index (κ1) is 26.6. The lowest BCUT2D eigenvalue weighted by Crippen LogP contribution is -2.57. The van der Waals surface area contributed by atoms with E-state index in [0.717, 1.165) is 12.1 Å². The lowest BCUT2D eigenvalue weighted by molar-refractivity contribution is -0.153. The third kappa shape index (κ3) is 4.00. The van der Waals surface area contributed by atoms with E-state index < -0.39 is 29.1 Å². The van der Waals surface area contributed by atoms with E-state index in [0.29, 0.717) is 38.9 Å². The lowest BCUT2D eigenvalue weighted by atomic mass is 9.73. The first-order chi connectivity index (χ1) is 18.3. The summed E-state index contributed by atoms with van der Waals surface area (Å²) in [6.45, 7) is 7.22. The molecule has 0 saturated carbocycles. The molecule has 4 heterocycles. The standard InChI is InChI=1S/C30H39N3O5/c1-4-29-15-11-19-32(22-13-7-5-8-14-22)26(35)23(29)24-27(36)33(17-9-6-10-20-34)25-28(37)31(21(2)3)18-12-16-30(24,25)38-29/h5,7-8,11-16,21,23-25,34H,4,6,9-10,17-20H2,1-3H3/t23-,24+,25?,29+,30+/m1/s1. The number of carbonyl (C=O) groups excluding carboxylic acids is 3. The minimum absolute atomic E-state index is 0.0465. The molecule has 3 amide bonds. The van der Waals surface area contributed by atoms with Crippen LogP contribution >= 0.6 is 0 Å². The zero-order chi connectivity index (χ0) is 27.1. The molecule has 1 aromatic carbocycles. The molecule has 8 heteroatoms. The molecule has 0 aliphatic carbocycles. The van der Waals surface area contributed by atoms with Gasteiger partial charge in [0.2, 0.25) is 17.7 Å². The zero-order valence-electron chi connectivity index (χ0n) is 22.6. The summed E-state index contributed by atoms with van der Waals surface area (Å²) in [5, 5.41) is 9.24. The smallest absolute Gasteiger partial charge is 0.249 e. The number of fused-ring (bicyclic) bond motifs is 2. The van der Waals surface area contributed by atoms with Crippen molar-refractivity contribution in [2.45, 2.75) is 69.7 Å². The quantitative estimate of drug-likeness (QED) is 0.420. The van der Waals surface area contributed by atoms with Crippen LogP contribution in [0.3, 0.4) is 0 Å². The first-order valence-corrected chi connectivity index (χ1v) is 13.9. The summed E-state index contributed by atoms with van der Waals surface area (Å²) in [5.41, 5.74) is -1.44. The molecule has 0 aromatic heterocycles. The summed E-state index contributed by atoms with van der Waals surface area (Å²) >= 11 is 0. The highest BCUT2D eigenvalue weighted by Crippen LogP contribution is 2.58. The molecule has 2 saturated heterocycles. The number of anilines is 1.